The van der Waals surface area contributed by atoms with Crippen LogP contribution in [0.5, 0.6) is 0 Å². The number of aliphatic hydroxyl groups is 2. The first-order chi connectivity index (χ1) is 9.16. The van der Waals surface area contributed by atoms with Gasteiger partial charge in [-0.25, -0.2) is 0 Å². The Morgan fingerprint density at radius 2 is 2.00 bits per heavy atom. The second-order valence-corrected chi connectivity index (χ2v) is 4.44. The van der Waals surface area contributed by atoms with Crippen molar-refractivity contribution in [3.05, 3.63) is 34.3 Å². The Labute approximate surface area is 117 Å². The first-order valence-corrected chi connectivity index (χ1v) is 5.84. The van der Waals surface area contributed by atoms with E-state index in [1.165, 1.54) is 0 Å². The molecule has 0 spiro atoms. The first kappa shape index (κ1) is 16.7. The van der Waals surface area contributed by atoms with Crippen LogP contribution in [0.1, 0.15) is 23.7 Å². The fourth-order valence-electron chi connectivity index (χ4n) is 1.53. The number of benzene rings is 1. The van der Waals surface area contributed by atoms with Gasteiger partial charge in [-0.1, -0.05) is 17.7 Å². The molecule has 0 bridgehead atoms. The highest BCUT2D eigenvalue weighted by Crippen LogP contribution is 2.36. The predicted molar refractivity (Wildman–Crippen MR) is 64.1 cm³/mol. The molecule has 0 saturated carbocycles. The van der Waals surface area contributed by atoms with E-state index in [0.717, 1.165) is 19.2 Å². The summed E-state index contributed by atoms with van der Waals surface area (Å²) in [5, 5.41) is 18.7. The number of aliphatic hydroxyl groups excluding tert-OH is 2. The van der Waals surface area contributed by atoms with Crippen molar-refractivity contribution in [1.82, 2.24) is 0 Å². The van der Waals surface area contributed by atoms with Crippen molar-refractivity contribution in [1.29, 1.82) is 0 Å². The summed E-state index contributed by atoms with van der Waals surface area (Å²) >= 11 is 5.49. The van der Waals surface area contributed by atoms with Crippen molar-refractivity contribution < 1.29 is 32.9 Å². The molecule has 112 valence electrons. The molecule has 1 aromatic carbocycles. The molecular formula is C12H12ClF3O4. The Morgan fingerprint density at radius 3 is 2.45 bits per heavy atom. The second-order valence-electron chi connectivity index (χ2n) is 4.03. The highest BCUT2D eigenvalue weighted by molar-refractivity contribution is 6.31. The Morgan fingerprint density at radius 1 is 1.40 bits per heavy atom. The number of ether oxygens (including phenoxy) is 1. The summed E-state index contributed by atoms with van der Waals surface area (Å²) in [4.78, 5) is 10.9. The molecule has 0 aliphatic heterocycles. The van der Waals surface area contributed by atoms with Crippen LogP contribution in [0.15, 0.2) is 18.2 Å². The monoisotopic (exact) mass is 312 g/mol. The molecule has 2 atom stereocenters. The molecule has 8 heteroatoms. The molecule has 0 heterocycles. The lowest BCUT2D eigenvalue weighted by Crippen LogP contribution is -2.22. The minimum atomic E-state index is -4.61. The molecule has 0 radical (unpaired) electrons. The molecule has 1 aromatic rings. The summed E-state index contributed by atoms with van der Waals surface area (Å²) in [5.74, 6) is -0.755. The average molecular weight is 313 g/mol. The van der Waals surface area contributed by atoms with Crippen molar-refractivity contribution >= 4 is 17.6 Å². The van der Waals surface area contributed by atoms with Crippen LogP contribution in [0.25, 0.3) is 0 Å². The maximum absolute atomic E-state index is 12.5. The van der Waals surface area contributed by atoms with E-state index in [9.17, 15) is 28.2 Å². The summed E-state index contributed by atoms with van der Waals surface area (Å²) in [6, 6.07) is 2.58. The van der Waals surface area contributed by atoms with E-state index >= 15 is 0 Å². The molecule has 2 N–H and O–H groups in total. The van der Waals surface area contributed by atoms with Gasteiger partial charge in [0.1, 0.15) is 6.10 Å². The van der Waals surface area contributed by atoms with Gasteiger partial charge < -0.3 is 14.9 Å². The lowest BCUT2D eigenvalue weighted by Gasteiger charge is -2.18. The van der Waals surface area contributed by atoms with Crippen LogP contribution in [0, 0.1) is 0 Å². The van der Waals surface area contributed by atoms with Crippen LogP contribution in [0.4, 0.5) is 13.2 Å². The topological polar surface area (TPSA) is 66.8 Å². The summed E-state index contributed by atoms with van der Waals surface area (Å²) in [7, 11) is 1.11. The van der Waals surface area contributed by atoms with E-state index in [1.807, 2.05) is 0 Å². The smallest absolute Gasteiger partial charge is 0.417 e. The van der Waals surface area contributed by atoms with Gasteiger partial charge in [-0.3, -0.25) is 4.79 Å². The van der Waals surface area contributed by atoms with Crippen molar-refractivity contribution in [2.75, 3.05) is 7.11 Å². The average Bonchev–Trinajstić information content (AvgIpc) is 2.35. The molecule has 20 heavy (non-hydrogen) atoms. The van der Waals surface area contributed by atoms with Crippen LogP contribution >= 0.6 is 11.6 Å². The van der Waals surface area contributed by atoms with E-state index in [4.69, 9.17) is 11.6 Å². The van der Waals surface area contributed by atoms with Crippen LogP contribution in [0.2, 0.25) is 5.02 Å². The Kier molecular flexibility index (Phi) is 5.38. The molecule has 4 nitrogen and oxygen atoms in total. The number of hydrogen-bond donors (Lipinski definition) is 2. The number of esters is 1. The van der Waals surface area contributed by atoms with Gasteiger partial charge in [0.25, 0.3) is 0 Å². The fraction of sp³-hybridized carbons (Fsp3) is 0.417. The van der Waals surface area contributed by atoms with Crippen LogP contribution < -0.4 is 0 Å². The normalized spacial score (nSPS) is 14.8. The second kappa shape index (κ2) is 6.43. The standard InChI is InChI=1S/C12H12ClF3O4/c1-20-10(18)5-9(17)11(19)6-2-3-7(8(13)4-6)12(14,15)16/h2-4,9,11,17,19H,5H2,1H3. The predicted octanol–water partition coefficient (Wildman–Crippen LogP) is 2.32. The third kappa shape index (κ3) is 4.09. The molecule has 0 aliphatic rings. The lowest BCUT2D eigenvalue weighted by atomic mass is 10.0. The molecule has 0 fully saturated rings. The molecule has 0 amide bonds. The van der Waals surface area contributed by atoms with E-state index in [0.29, 0.717) is 6.07 Å². The molecule has 0 aromatic heterocycles. The Balaban J connectivity index is 2.92. The van der Waals surface area contributed by atoms with Gasteiger partial charge in [0.2, 0.25) is 0 Å². The van der Waals surface area contributed by atoms with Crippen LogP contribution in [-0.2, 0) is 15.7 Å². The Hall–Kier alpha value is -1.31. The van der Waals surface area contributed by atoms with Gasteiger partial charge in [-0.15, -0.1) is 0 Å². The van der Waals surface area contributed by atoms with Gasteiger partial charge in [-0.2, -0.15) is 13.2 Å². The van der Waals surface area contributed by atoms with Gasteiger partial charge in [0, 0.05) is 0 Å². The zero-order valence-electron chi connectivity index (χ0n) is 10.3. The number of methoxy groups -OCH3 is 1. The van der Waals surface area contributed by atoms with Crippen LogP contribution in [-0.4, -0.2) is 29.4 Å². The molecule has 0 saturated heterocycles. The number of carbonyl (C=O) groups is 1. The number of halogens is 4. The maximum Gasteiger partial charge on any atom is 0.417 e. The highest BCUT2D eigenvalue weighted by atomic mass is 35.5. The minimum Gasteiger partial charge on any atom is -0.469 e. The lowest BCUT2D eigenvalue weighted by molar-refractivity contribution is -0.144. The summed E-state index contributed by atoms with van der Waals surface area (Å²) < 4.78 is 41.8. The van der Waals surface area contributed by atoms with Crippen molar-refractivity contribution in [2.45, 2.75) is 24.8 Å². The summed E-state index contributed by atoms with van der Waals surface area (Å²) in [5.41, 5.74) is -1.07. The molecular weight excluding hydrogens is 301 g/mol. The Bertz CT molecular complexity index is 490. The number of hydrogen-bond acceptors (Lipinski definition) is 4. The molecule has 0 aliphatic carbocycles. The zero-order valence-corrected chi connectivity index (χ0v) is 11.1. The third-order valence-corrected chi connectivity index (χ3v) is 2.92. The summed E-state index contributed by atoms with van der Waals surface area (Å²) in [6.07, 6.45) is -8.15. The van der Waals surface area contributed by atoms with E-state index in [1.54, 1.807) is 0 Å². The molecule has 1 rings (SSSR count). The zero-order chi connectivity index (χ0) is 15.5. The van der Waals surface area contributed by atoms with E-state index in [2.05, 4.69) is 4.74 Å². The van der Waals surface area contributed by atoms with Gasteiger partial charge >= 0.3 is 12.1 Å². The third-order valence-electron chi connectivity index (χ3n) is 2.61. The maximum atomic E-state index is 12.5. The van der Waals surface area contributed by atoms with Gasteiger partial charge in [0.15, 0.2) is 0 Å². The largest absolute Gasteiger partial charge is 0.469 e. The van der Waals surface area contributed by atoms with Gasteiger partial charge in [0.05, 0.1) is 30.2 Å². The minimum absolute atomic E-state index is 0.0283. The summed E-state index contributed by atoms with van der Waals surface area (Å²) in [6.45, 7) is 0. The highest BCUT2D eigenvalue weighted by Gasteiger charge is 2.33. The number of alkyl halides is 3. The van der Waals surface area contributed by atoms with E-state index in [-0.39, 0.29) is 5.56 Å². The van der Waals surface area contributed by atoms with Crippen molar-refractivity contribution in [2.24, 2.45) is 0 Å². The number of rotatable bonds is 4. The fourth-order valence-corrected chi connectivity index (χ4v) is 1.83. The SMILES string of the molecule is COC(=O)CC(O)C(O)c1ccc(C(F)(F)F)c(Cl)c1. The van der Waals surface area contributed by atoms with Crippen LogP contribution in [0.3, 0.4) is 0 Å². The quantitative estimate of drug-likeness (QED) is 0.837. The van der Waals surface area contributed by atoms with Crippen molar-refractivity contribution in [3.8, 4) is 0 Å². The van der Waals surface area contributed by atoms with E-state index < -0.39 is 41.4 Å². The van der Waals surface area contributed by atoms with Gasteiger partial charge in [-0.05, 0) is 17.7 Å². The molecule has 2 unspecified atom stereocenters. The van der Waals surface area contributed by atoms with Crippen molar-refractivity contribution in [3.63, 3.8) is 0 Å². The first-order valence-electron chi connectivity index (χ1n) is 5.46. The number of carbonyl (C=O) groups excluding carboxylic acids is 1.